The van der Waals surface area contributed by atoms with Crippen LogP contribution in [-0.2, 0) is 14.4 Å². The first-order chi connectivity index (χ1) is 10.0. The van der Waals surface area contributed by atoms with Gasteiger partial charge in [-0.15, -0.1) is 0 Å². The minimum absolute atomic E-state index is 0.253. The third-order valence-electron chi connectivity index (χ3n) is 3.41. The first-order valence-corrected chi connectivity index (χ1v) is 6.61. The van der Waals surface area contributed by atoms with Crippen LogP contribution in [0.2, 0.25) is 0 Å². The second kappa shape index (κ2) is 6.36. The molecule has 7 heteroatoms. The standard InChI is InChI=1S/C14H17N3O4/c15-12(9-4-2-1-3-5-9)14(21)17-7-6-16-13(20)10(17)8-11(18)19/h1-5,10,12H,6-8,15H2,(H,16,20)(H,18,19). The summed E-state index contributed by atoms with van der Waals surface area (Å²) in [5.74, 6) is -2.04. The van der Waals surface area contributed by atoms with Crippen molar-refractivity contribution in [2.45, 2.75) is 18.5 Å². The molecule has 1 aromatic carbocycles. The molecule has 0 radical (unpaired) electrons. The Kier molecular flexibility index (Phi) is 4.54. The summed E-state index contributed by atoms with van der Waals surface area (Å²) in [4.78, 5) is 36.4. The monoisotopic (exact) mass is 291 g/mol. The highest BCUT2D eigenvalue weighted by molar-refractivity contribution is 5.93. The second-order valence-corrected chi connectivity index (χ2v) is 4.82. The summed E-state index contributed by atoms with van der Waals surface area (Å²) in [7, 11) is 0. The van der Waals surface area contributed by atoms with Crippen LogP contribution in [0, 0.1) is 0 Å². The summed E-state index contributed by atoms with van der Waals surface area (Å²) in [6.45, 7) is 0.547. The van der Waals surface area contributed by atoms with E-state index in [0.29, 0.717) is 12.1 Å². The first kappa shape index (κ1) is 15.0. The molecule has 0 bridgehead atoms. The summed E-state index contributed by atoms with van der Waals surface area (Å²) in [5, 5.41) is 11.5. The van der Waals surface area contributed by atoms with Crippen LogP contribution in [0.4, 0.5) is 0 Å². The molecule has 2 unspecified atom stereocenters. The van der Waals surface area contributed by atoms with Crippen molar-refractivity contribution in [2.24, 2.45) is 5.73 Å². The number of hydrogen-bond acceptors (Lipinski definition) is 4. The molecule has 0 aromatic heterocycles. The third kappa shape index (κ3) is 3.38. The lowest BCUT2D eigenvalue weighted by Crippen LogP contribution is -2.59. The molecule has 21 heavy (non-hydrogen) atoms. The van der Waals surface area contributed by atoms with Gasteiger partial charge in [0, 0.05) is 13.1 Å². The molecule has 1 aromatic rings. The average molecular weight is 291 g/mol. The number of aliphatic carboxylic acids is 1. The Bertz CT molecular complexity index is 546. The van der Waals surface area contributed by atoms with Gasteiger partial charge in [0.2, 0.25) is 11.8 Å². The summed E-state index contributed by atoms with van der Waals surface area (Å²) in [5.41, 5.74) is 6.56. The molecule has 0 aliphatic carbocycles. The Hall–Kier alpha value is -2.41. The van der Waals surface area contributed by atoms with Crippen LogP contribution in [0.1, 0.15) is 18.0 Å². The van der Waals surface area contributed by atoms with E-state index in [-0.39, 0.29) is 6.54 Å². The molecule has 1 heterocycles. The van der Waals surface area contributed by atoms with Gasteiger partial charge in [-0.3, -0.25) is 14.4 Å². The number of hydrogen-bond donors (Lipinski definition) is 3. The van der Waals surface area contributed by atoms with Crippen molar-refractivity contribution in [2.75, 3.05) is 13.1 Å². The van der Waals surface area contributed by atoms with Gasteiger partial charge in [0.15, 0.2) is 0 Å². The van der Waals surface area contributed by atoms with E-state index in [1.165, 1.54) is 4.90 Å². The number of amides is 2. The number of benzene rings is 1. The van der Waals surface area contributed by atoms with E-state index in [1.807, 2.05) is 6.07 Å². The Labute approximate surface area is 121 Å². The van der Waals surface area contributed by atoms with Gasteiger partial charge in [0.25, 0.3) is 0 Å². The molecule has 0 saturated carbocycles. The van der Waals surface area contributed by atoms with Crippen molar-refractivity contribution in [3.8, 4) is 0 Å². The number of carboxylic acid groups (broad SMARTS) is 1. The summed E-state index contributed by atoms with van der Waals surface area (Å²) in [6.07, 6.45) is -0.431. The van der Waals surface area contributed by atoms with E-state index in [4.69, 9.17) is 10.8 Å². The minimum Gasteiger partial charge on any atom is -0.481 e. The SMILES string of the molecule is NC(C(=O)N1CCNC(=O)C1CC(=O)O)c1ccccc1. The molecular weight excluding hydrogens is 274 g/mol. The smallest absolute Gasteiger partial charge is 0.305 e. The van der Waals surface area contributed by atoms with Crippen molar-refractivity contribution < 1.29 is 19.5 Å². The maximum Gasteiger partial charge on any atom is 0.305 e. The lowest BCUT2D eigenvalue weighted by molar-refractivity contribution is -0.149. The molecule has 4 N–H and O–H groups in total. The Morgan fingerprint density at radius 2 is 2.05 bits per heavy atom. The summed E-state index contributed by atoms with van der Waals surface area (Å²) in [6, 6.07) is 6.85. The molecule has 0 spiro atoms. The van der Waals surface area contributed by atoms with Gasteiger partial charge < -0.3 is 21.1 Å². The maximum absolute atomic E-state index is 12.5. The quantitative estimate of drug-likeness (QED) is 0.691. The molecule has 112 valence electrons. The number of carbonyl (C=O) groups is 3. The number of carboxylic acids is 1. The average Bonchev–Trinajstić information content (AvgIpc) is 2.48. The lowest BCUT2D eigenvalue weighted by atomic mass is 10.0. The normalized spacial score (nSPS) is 19.8. The van der Waals surface area contributed by atoms with Crippen LogP contribution in [0.3, 0.4) is 0 Å². The van der Waals surface area contributed by atoms with Crippen LogP contribution < -0.4 is 11.1 Å². The van der Waals surface area contributed by atoms with Crippen molar-refractivity contribution in [3.63, 3.8) is 0 Å². The molecule has 2 amide bonds. The number of nitrogens with zero attached hydrogens (tertiary/aromatic N) is 1. The predicted octanol–water partition coefficient (Wildman–Crippen LogP) is -0.512. The van der Waals surface area contributed by atoms with E-state index in [0.717, 1.165) is 0 Å². The number of carbonyl (C=O) groups excluding carboxylic acids is 2. The third-order valence-corrected chi connectivity index (χ3v) is 3.41. The molecule has 1 saturated heterocycles. The fourth-order valence-electron chi connectivity index (χ4n) is 2.33. The highest BCUT2D eigenvalue weighted by Gasteiger charge is 2.36. The van der Waals surface area contributed by atoms with Crippen molar-refractivity contribution >= 4 is 17.8 Å². The Morgan fingerprint density at radius 3 is 2.67 bits per heavy atom. The van der Waals surface area contributed by atoms with Crippen LogP contribution in [-0.4, -0.2) is 46.9 Å². The van der Waals surface area contributed by atoms with Gasteiger partial charge in [-0.25, -0.2) is 0 Å². The fourth-order valence-corrected chi connectivity index (χ4v) is 2.33. The van der Waals surface area contributed by atoms with Crippen LogP contribution in [0.15, 0.2) is 30.3 Å². The summed E-state index contributed by atoms with van der Waals surface area (Å²) >= 11 is 0. The van der Waals surface area contributed by atoms with Gasteiger partial charge >= 0.3 is 5.97 Å². The molecule has 1 aliphatic heterocycles. The minimum atomic E-state index is -1.14. The number of nitrogens with two attached hydrogens (primary N) is 1. The molecule has 2 atom stereocenters. The lowest BCUT2D eigenvalue weighted by Gasteiger charge is -2.35. The van der Waals surface area contributed by atoms with Gasteiger partial charge in [-0.2, -0.15) is 0 Å². The topological polar surface area (TPSA) is 113 Å². The van der Waals surface area contributed by atoms with Crippen LogP contribution in [0.5, 0.6) is 0 Å². The largest absolute Gasteiger partial charge is 0.481 e. The fraction of sp³-hybridized carbons (Fsp3) is 0.357. The van der Waals surface area contributed by atoms with Gasteiger partial charge in [0.1, 0.15) is 12.1 Å². The van der Waals surface area contributed by atoms with Crippen LogP contribution in [0.25, 0.3) is 0 Å². The first-order valence-electron chi connectivity index (χ1n) is 6.61. The van der Waals surface area contributed by atoms with Crippen LogP contribution >= 0.6 is 0 Å². The van der Waals surface area contributed by atoms with Gasteiger partial charge in [-0.1, -0.05) is 30.3 Å². The number of piperazine rings is 1. The number of rotatable bonds is 4. The van der Waals surface area contributed by atoms with E-state index >= 15 is 0 Å². The predicted molar refractivity (Wildman–Crippen MR) is 74.1 cm³/mol. The zero-order valence-electron chi connectivity index (χ0n) is 11.4. The highest BCUT2D eigenvalue weighted by Crippen LogP contribution is 2.17. The maximum atomic E-state index is 12.5. The van der Waals surface area contributed by atoms with E-state index in [2.05, 4.69) is 5.32 Å². The Balaban J connectivity index is 2.19. The summed E-state index contributed by atoms with van der Waals surface area (Å²) < 4.78 is 0. The molecule has 1 aliphatic rings. The molecule has 2 rings (SSSR count). The van der Waals surface area contributed by atoms with Gasteiger partial charge in [0.05, 0.1) is 6.42 Å². The molecular formula is C14H17N3O4. The zero-order valence-corrected chi connectivity index (χ0v) is 11.4. The number of nitrogens with one attached hydrogen (secondary N) is 1. The zero-order chi connectivity index (χ0) is 15.4. The Morgan fingerprint density at radius 1 is 1.38 bits per heavy atom. The van der Waals surface area contributed by atoms with Crippen molar-refractivity contribution in [1.29, 1.82) is 0 Å². The van der Waals surface area contributed by atoms with Crippen molar-refractivity contribution in [1.82, 2.24) is 10.2 Å². The molecule has 7 nitrogen and oxygen atoms in total. The van der Waals surface area contributed by atoms with E-state index in [1.54, 1.807) is 24.3 Å². The van der Waals surface area contributed by atoms with Crippen molar-refractivity contribution in [3.05, 3.63) is 35.9 Å². The van der Waals surface area contributed by atoms with Gasteiger partial charge in [-0.05, 0) is 5.56 Å². The van der Waals surface area contributed by atoms with E-state index in [9.17, 15) is 14.4 Å². The van der Waals surface area contributed by atoms with E-state index < -0.39 is 36.3 Å². The second-order valence-electron chi connectivity index (χ2n) is 4.82. The highest BCUT2D eigenvalue weighted by atomic mass is 16.4. The molecule has 1 fully saturated rings.